The number of nitrogens with one attached hydrogen (secondary N) is 2. The van der Waals surface area contributed by atoms with Crippen molar-refractivity contribution in [3.05, 3.63) is 48.0 Å². The lowest BCUT2D eigenvalue weighted by Crippen LogP contribution is -2.33. The lowest BCUT2D eigenvalue weighted by atomic mass is 10.2. The van der Waals surface area contributed by atoms with Crippen molar-refractivity contribution in [3.63, 3.8) is 0 Å². The van der Waals surface area contributed by atoms with Crippen molar-refractivity contribution in [3.8, 4) is 11.5 Å². The molecule has 154 valence electrons. The molecule has 0 bridgehead atoms. The van der Waals surface area contributed by atoms with E-state index in [1.165, 1.54) is 30.0 Å². The summed E-state index contributed by atoms with van der Waals surface area (Å²) < 4.78 is 47.6. The van der Waals surface area contributed by atoms with E-state index < -0.39 is 18.6 Å². The van der Waals surface area contributed by atoms with Crippen molar-refractivity contribution < 1.29 is 32.2 Å². The van der Waals surface area contributed by atoms with Gasteiger partial charge in [-0.15, -0.1) is 11.8 Å². The van der Waals surface area contributed by atoms with E-state index in [-0.39, 0.29) is 17.2 Å². The third kappa shape index (κ3) is 6.31. The number of fused-ring (bicyclic) bond motifs is 1. The molecule has 3 rings (SSSR count). The maximum Gasteiger partial charge on any atom is 0.405 e. The molecule has 0 spiro atoms. The summed E-state index contributed by atoms with van der Waals surface area (Å²) in [6.07, 6.45) is -4.49. The van der Waals surface area contributed by atoms with Gasteiger partial charge in [-0.05, 0) is 36.4 Å². The number of ether oxygens (including phenoxy) is 2. The summed E-state index contributed by atoms with van der Waals surface area (Å²) in [5, 5.41) is 4.41. The van der Waals surface area contributed by atoms with Crippen LogP contribution in [-0.4, -0.2) is 43.5 Å². The molecule has 1 heterocycles. The van der Waals surface area contributed by atoms with Crippen LogP contribution in [0.2, 0.25) is 0 Å². The summed E-state index contributed by atoms with van der Waals surface area (Å²) >= 11 is 1.29. The zero-order valence-corrected chi connectivity index (χ0v) is 15.9. The van der Waals surface area contributed by atoms with Crippen molar-refractivity contribution in [2.45, 2.75) is 11.1 Å². The van der Waals surface area contributed by atoms with Gasteiger partial charge in [-0.25, -0.2) is 0 Å². The van der Waals surface area contributed by atoms with Crippen LogP contribution in [0.25, 0.3) is 0 Å². The Hall–Kier alpha value is -2.88. The van der Waals surface area contributed by atoms with E-state index in [9.17, 15) is 22.8 Å². The highest BCUT2D eigenvalue weighted by atomic mass is 32.2. The molecule has 1 aliphatic rings. The van der Waals surface area contributed by atoms with Crippen molar-refractivity contribution in [1.82, 2.24) is 5.32 Å². The molecule has 2 N–H and O–H groups in total. The van der Waals surface area contributed by atoms with Crippen molar-refractivity contribution in [2.75, 3.05) is 30.8 Å². The Morgan fingerprint density at radius 1 is 1.03 bits per heavy atom. The lowest BCUT2D eigenvalue weighted by molar-refractivity contribution is -0.123. The number of thioether (sulfide) groups is 1. The Labute approximate surface area is 168 Å². The minimum Gasteiger partial charge on any atom is -0.486 e. The summed E-state index contributed by atoms with van der Waals surface area (Å²) in [6, 6.07) is 11.1. The summed E-state index contributed by atoms with van der Waals surface area (Å²) in [5.74, 6) is 0.191. The highest BCUT2D eigenvalue weighted by molar-refractivity contribution is 8.00. The number of alkyl halides is 3. The minimum absolute atomic E-state index is 0.0199. The number of halogens is 3. The highest BCUT2D eigenvalue weighted by Gasteiger charge is 2.27. The first-order valence-corrected chi connectivity index (χ1v) is 9.56. The van der Waals surface area contributed by atoms with Crippen LogP contribution >= 0.6 is 11.8 Å². The predicted octanol–water partition coefficient (Wildman–Crippen LogP) is 3.48. The van der Waals surface area contributed by atoms with Gasteiger partial charge in [0.25, 0.3) is 5.91 Å². The zero-order valence-electron chi connectivity index (χ0n) is 15.0. The second-order valence-corrected chi connectivity index (χ2v) is 7.07. The molecule has 0 radical (unpaired) electrons. The Morgan fingerprint density at radius 3 is 2.55 bits per heavy atom. The summed E-state index contributed by atoms with van der Waals surface area (Å²) in [4.78, 5) is 24.8. The van der Waals surface area contributed by atoms with Gasteiger partial charge in [0, 0.05) is 16.1 Å². The molecule has 0 unspecified atom stereocenters. The van der Waals surface area contributed by atoms with E-state index in [0.29, 0.717) is 30.4 Å². The largest absolute Gasteiger partial charge is 0.486 e. The number of rotatable bonds is 6. The summed E-state index contributed by atoms with van der Waals surface area (Å²) in [5.41, 5.74) is 0.337. The number of carbonyl (C=O) groups excluding carboxylic acids is 2. The molecule has 0 aliphatic carbocycles. The quantitative estimate of drug-likeness (QED) is 0.692. The Kier molecular flexibility index (Phi) is 6.53. The van der Waals surface area contributed by atoms with E-state index in [0.717, 1.165) is 4.90 Å². The van der Waals surface area contributed by atoms with Crippen molar-refractivity contribution in [1.29, 1.82) is 0 Å². The van der Waals surface area contributed by atoms with E-state index in [2.05, 4.69) is 5.32 Å². The number of hydrogen-bond acceptors (Lipinski definition) is 5. The second-order valence-electron chi connectivity index (χ2n) is 6.02. The predicted molar refractivity (Wildman–Crippen MR) is 102 cm³/mol. The molecule has 0 saturated heterocycles. The van der Waals surface area contributed by atoms with Gasteiger partial charge in [0.2, 0.25) is 5.91 Å². The average molecular weight is 426 g/mol. The molecule has 0 saturated carbocycles. The van der Waals surface area contributed by atoms with E-state index in [1.54, 1.807) is 23.5 Å². The van der Waals surface area contributed by atoms with Crippen LogP contribution in [0.5, 0.6) is 11.5 Å². The molecule has 10 heteroatoms. The third-order valence-electron chi connectivity index (χ3n) is 3.74. The molecule has 2 aromatic rings. The van der Waals surface area contributed by atoms with Crippen LogP contribution in [0.3, 0.4) is 0 Å². The number of amides is 2. The van der Waals surface area contributed by atoms with Gasteiger partial charge in [-0.2, -0.15) is 13.2 Å². The molecule has 6 nitrogen and oxygen atoms in total. The molecule has 2 amide bonds. The fourth-order valence-corrected chi connectivity index (χ4v) is 3.20. The Morgan fingerprint density at radius 2 is 1.79 bits per heavy atom. The average Bonchev–Trinajstić information content (AvgIpc) is 2.70. The van der Waals surface area contributed by atoms with Gasteiger partial charge < -0.3 is 20.1 Å². The van der Waals surface area contributed by atoms with Crippen LogP contribution in [0.4, 0.5) is 18.9 Å². The second kappa shape index (κ2) is 9.08. The topological polar surface area (TPSA) is 76.7 Å². The molecule has 0 aromatic heterocycles. The molecule has 0 fully saturated rings. The Bertz CT molecular complexity index is 905. The SMILES string of the molecule is O=C(CSc1ccc2c(c1)OCCO2)Nc1cccc(C(=O)NCC(F)(F)F)c1. The first-order chi connectivity index (χ1) is 13.8. The maximum absolute atomic E-state index is 12.2. The number of benzene rings is 2. The summed E-state index contributed by atoms with van der Waals surface area (Å²) in [6.45, 7) is -0.460. The molecule has 0 atom stereocenters. The summed E-state index contributed by atoms with van der Waals surface area (Å²) in [7, 11) is 0. The van der Waals surface area contributed by atoms with Gasteiger partial charge in [0.05, 0.1) is 5.75 Å². The highest BCUT2D eigenvalue weighted by Crippen LogP contribution is 2.34. The van der Waals surface area contributed by atoms with E-state index in [4.69, 9.17) is 9.47 Å². The zero-order chi connectivity index (χ0) is 20.9. The normalized spacial score (nSPS) is 12.9. The minimum atomic E-state index is -4.49. The number of carbonyl (C=O) groups is 2. The molecule has 1 aliphatic heterocycles. The standard InChI is InChI=1S/C19H17F3N2O4S/c20-19(21,22)11-23-18(26)12-2-1-3-13(8-12)24-17(25)10-29-14-4-5-15-16(9-14)28-7-6-27-15/h1-5,8-9H,6-7,10-11H2,(H,23,26)(H,24,25). The van der Waals surface area contributed by atoms with Crippen molar-refractivity contribution in [2.24, 2.45) is 0 Å². The number of anilines is 1. The fourth-order valence-electron chi connectivity index (χ4n) is 2.48. The molecule has 2 aromatic carbocycles. The molecule has 29 heavy (non-hydrogen) atoms. The maximum atomic E-state index is 12.2. The van der Waals surface area contributed by atoms with E-state index in [1.807, 2.05) is 6.07 Å². The fraction of sp³-hybridized carbons (Fsp3) is 0.263. The van der Waals surface area contributed by atoms with Crippen molar-refractivity contribution >= 4 is 29.3 Å². The smallest absolute Gasteiger partial charge is 0.405 e. The first-order valence-electron chi connectivity index (χ1n) is 8.57. The first kappa shape index (κ1) is 20.8. The van der Waals surface area contributed by atoms with Gasteiger partial charge in [-0.1, -0.05) is 6.07 Å². The number of hydrogen-bond donors (Lipinski definition) is 2. The monoisotopic (exact) mass is 426 g/mol. The van der Waals surface area contributed by atoms with Crippen LogP contribution < -0.4 is 20.1 Å². The van der Waals surface area contributed by atoms with Gasteiger partial charge in [0.15, 0.2) is 11.5 Å². The van der Waals surface area contributed by atoms with Crippen LogP contribution in [-0.2, 0) is 4.79 Å². The van der Waals surface area contributed by atoms with E-state index >= 15 is 0 Å². The van der Waals surface area contributed by atoms with Gasteiger partial charge >= 0.3 is 6.18 Å². The van der Waals surface area contributed by atoms with Crippen LogP contribution in [0.15, 0.2) is 47.4 Å². The van der Waals surface area contributed by atoms with Crippen LogP contribution in [0, 0.1) is 0 Å². The van der Waals surface area contributed by atoms with Crippen LogP contribution in [0.1, 0.15) is 10.4 Å². The molecular formula is C19H17F3N2O4S. The van der Waals surface area contributed by atoms with Gasteiger partial charge in [0.1, 0.15) is 19.8 Å². The van der Waals surface area contributed by atoms with Gasteiger partial charge in [-0.3, -0.25) is 9.59 Å². The lowest BCUT2D eigenvalue weighted by Gasteiger charge is -2.18. The Balaban J connectivity index is 1.53. The third-order valence-corrected chi connectivity index (χ3v) is 4.74. The molecular weight excluding hydrogens is 409 g/mol.